The zero-order chi connectivity index (χ0) is 21.9. The molecule has 0 unspecified atom stereocenters. The Hall–Kier alpha value is -1.83. The largest absolute Gasteiger partial charge is 0.493 e. The highest BCUT2D eigenvalue weighted by molar-refractivity contribution is 5.62. The summed E-state index contributed by atoms with van der Waals surface area (Å²) in [6.07, 6.45) is 8.05. The number of nitrogen functional groups attached to an aromatic ring is 1. The summed E-state index contributed by atoms with van der Waals surface area (Å²) in [6, 6.07) is 3.92. The molecule has 0 aliphatic rings. The lowest BCUT2D eigenvalue weighted by atomic mass is 10.1. The van der Waals surface area contributed by atoms with E-state index in [9.17, 15) is 0 Å². The monoisotopic (exact) mass is 412 g/mol. The van der Waals surface area contributed by atoms with Gasteiger partial charge in [0, 0.05) is 0 Å². The number of benzene rings is 1. The lowest BCUT2D eigenvalue weighted by molar-refractivity contribution is -0.0980. The molecular weight excluding hydrogens is 372 g/mol. The van der Waals surface area contributed by atoms with Gasteiger partial charge in [-0.05, 0) is 56.5 Å². The SMILES string of the molecule is C=O.CCCCCCCCOc1c(N)cc(CCNCCCC(O)O)cc1OC. The van der Waals surface area contributed by atoms with Gasteiger partial charge in [0.2, 0.25) is 0 Å². The van der Waals surface area contributed by atoms with Crippen LogP contribution in [0.5, 0.6) is 11.5 Å². The van der Waals surface area contributed by atoms with E-state index in [4.69, 9.17) is 30.2 Å². The van der Waals surface area contributed by atoms with Crippen molar-refractivity contribution >= 4 is 12.5 Å². The minimum atomic E-state index is -1.22. The van der Waals surface area contributed by atoms with Gasteiger partial charge in [-0.3, -0.25) is 0 Å². The standard InChI is InChI=1S/C21H38N2O4.CH2O/c1-3-4-5-6-7-8-14-27-21-18(22)15-17(16-19(21)26-2)11-13-23-12-9-10-20(24)25;1-2/h15-16,20,23-25H,3-14,22H2,1-2H3;1H2. The number of hydrogen-bond donors (Lipinski definition) is 4. The van der Waals surface area contributed by atoms with E-state index in [-0.39, 0.29) is 0 Å². The fourth-order valence-electron chi connectivity index (χ4n) is 2.96. The van der Waals surface area contributed by atoms with E-state index >= 15 is 0 Å². The number of unbranched alkanes of at least 4 members (excludes halogenated alkanes) is 5. The molecule has 0 spiro atoms. The van der Waals surface area contributed by atoms with E-state index in [1.165, 1.54) is 32.1 Å². The maximum atomic E-state index is 8.81. The molecule has 0 fully saturated rings. The highest BCUT2D eigenvalue weighted by Gasteiger charge is 2.11. The molecule has 7 heteroatoms. The van der Waals surface area contributed by atoms with Crippen molar-refractivity contribution in [1.29, 1.82) is 0 Å². The van der Waals surface area contributed by atoms with E-state index in [1.54, 1.807) is 7.11 Å². The van der Waals surface area contributed by atoms with Gasteiger partial charge in [-0.25, -0.2) is 0 Å². The molecule has 0 aromatic heterocycles. The Kier molecular flexibility index (Phi) is 17.1. The fraction of sp³-hybridized carbons (Fsp3) is 0.682. The molecule has 1 aromatic rings. The molecule has 0 amide bonds. The van der Waals surface area contributed by atoms with Crippen molar-refractivity contribution in [3.8, 4) is 11.5 Å². The van der Waals surface area contributed by atoms with Crippen LogP contribution in [0.4, 0.5) is 5.69 Å². The van der Waals surface area contributed by atoms with E-state index in [2.05, 4.69) is 12.2 Å². The molecule has 7 nitrogen and oxygen atoms in total. The second-order valence-corrected chi connectivity index (χ2v) is 6.96. The van der Waals surface area contributed by atoms with Gasteiger partial charge in [0.25, 0.3) is 0 Å². The van der Waals surface area contributed by atoms with Gasteiger partial charge in [-0.2, -0.15) is 0 Å². The fourth-order valence-corrected chi connectivity index (χ4v) is 2.96. The first-order valence-electron chi connectivity index (χ1n) is 10.5. The average Bonchev–Trinajstić information content (AvgIpc) is 2.72. The maximum absolute atomic E-state index is 8.81. The number of anilines is 1. The van der Waals surface area contributed by atoms with Gasteiger partial charge >= 0.3 is 0 Å². The average molecular weight is 413 g/mol. The molecule has 0 saturated heterocycles. The molecule has 0 heterocycles. The summed E-state index contributed by atoms with van der Waals surface area (Å²) in [5, 5.41) is 20.9. The molecular formula is C22H40N2O5. The summed E-state index contributed by atoms with van der Waals surface area (Å²) in [5.74, 6) is 1.32. The van der Waals surface area contributed by atoms with Gasteiger partial charge in [0.05, 0.1) is 19.4 Å². The minimum Gasteiger partial charge on any atom is -0.493 e. The first-order valence-corrected chi connectivity index (χ1v) is 10.5. The van der Waals surface area contributed by atoms with E-state index < -0.39 is 6.29 Å². The Morgan fingerprint density at radius 2 is 1.76 bits per heavy atom. The smallest absolute Gasteiger partial charge is 0.184 e. The highest BCUT2D eigenvalue weighted by Crippen LogP contribution is 2.35. The number of aliphatic hydroxyl groups excluding tert-OH is 1. The molecule has 29 heavy (non-hydrogen) atoms. The third-order valence-corrected chi connectivity index (χ3v) is 4.51. The van der Waals surface area contributed by atoms with Gasteiger partial charge in [-0.1, -0.05) is 39.0 Å². The Bertz CT molecular complexity index is 526. The number of ether oxygens (including phenoxy) is 2. The number of rotatable bonds is 16. The third-order valence-electron chi connectivity index (χ3n) is 4.51. The van der Waals surface area contributed by atoms with Crippen LogP contribution < -0.4 is 20.5 Å². The second kappa shape index (κ2) is 18.2. The number of hydrogen-bond acceptors (Lipinski definition) is 7. The van der Waals surface area contributed by atoms with Crippen molar-refractivity contribution in [2.45, 2.75) is 71.0 Å². The maximum Gasteiger partial charge on any atom is 0.184 e. The number of carbonyl (C=O) groups excluding carboxylic acids is 1. The van der Waals surface area contributed by atoms with Gasteiger partial charge < -0.3 is 35.5 Å². The first kappa shape index (κ1) is 27.2. The molecule has 1 rings (SSSR count). The minimum absolute atomic E-state index is 0.387. The zero-order valence-electron chi connectivity index (χ0n) is 18.1. The summed E-state index contributed by atoms with van der Waals surface area (Å²) in [5.41, 5.74) is 7.88. The van der Waals surface area contributed by atoms with Gasteiger partial charge in [0.1, 0.15) is 6.79 Å². The molecule has 5 N–H and O–H groups in total. The molecule has 0 saturated carbocycles. The topological polar surface area (TPSA) is 114 Å². The van der Waals surface area contributed by atoms with Crippen LogP contribution in [0, 0.1) is 0 Å². The van der Waals surface area contributed by atoms with Crippen molar-refractivity contribution < 1.29 is 24.5 Å². The van der Waals surface area contributed by atoms with Crippen LogP contribution in [-0.2, 0) is 11.2 Å². The molecule has 0 atom stereocenters. The number of methoxy groups -OCH3 is 1. The summed E-state index contributed by atoms with van der Waals surface area (Å²) in [7, 11) is 1.63. The molecule has 0 aliphatic heterocycles. The van der Waals surface area contributed by atoms with Crippen LogP contribution in [0.3, 0.4) is 0 Å². The molecule has 1 aromatic carbocycles. The van der Waals surface area contributed by atoms with Crippen molar-refractivity contribution in [3.63, 3.8) is 0 Å². The van der Waals surface area contributed by atoms with Crippen molar-refractivity contribution in [3.05, 3.63) is 17.7 Å². The van der Waals surface area contributed by atoms with Gasteiger partial charge in [0.15, 0.2) is 17.8 Å². The molecule has 0 bridgehead atoms. The Morgan fingerprint density at radius 3 is 2.41 bits per heavy atom. The van der Waals surface area contributed by atoms with Crippen molar-refractivity contribution in [1.82, 2.24) is 5.32 Å². The number of nitrogens with one attached hydrogen (secondary N) is 1. The predicted octanol–water partition coefficient (Wildman–Crippen LogP) is 3.05. The lowest BCUT2D eigenvalue weighted by Crippen LogP contribution is -2.20. The summed E-state index contributed by atoms with van der Waals surface area (Å²) < 4.78 is 11.4. The van der Waals surface area contributed by atoms with Crippen molar-refractivity contribution in [2.75, 3.05) is 32.5 Å². The molecule has 0 radical (unpaired) electrons. The lowest BCUT2D eigenvalue weighted by Gasteiger charge is -2.15. The van der Waals surface area contributed by atoms with Crippen LogP contribution in [0.15, 0.2) is 12.1 Å². The van der Waals surface area contributed by atoms with E-state index in [1.807, 2.05) is 18.9 Å². The predicted molar refractivity (Wildman–Crippen MR) is 117 cm³/mol. The van der Waals surface area contributed by atoms with Crippen molar-refractivity contribution in [2.24, 2.45) is 0 Å². The highest BCUT2D eigenvalue weighted by atomic mass is 16.5. The van der Waals surface area contributed by atoms with Crippen LogP contribution in [0.25, 0.3) is 0 Å². The van der Waals surface area contributed by atoms with Gasteiger partial charge in [-0.15, -0.1) is 0 Å². The molecule has 0 aliphatic carbocycles. The Labute approximate surface area is 175 Å². The van der Waals surface area contributed by atoms with Crippen LogP contribution in [0.1, 0.15) is 63.9 Å². The first-order chi connectivity index (χ1) is 14.1. The van der Waals surface area contributed by atoms with Crippen LogP contribution in [0.2, 0.25) is 0 Å². The normalized spacial score (nSPS) is 10.5. The summed E-state index contributed by atoms with van der Waals surface area (Å²) >= 11 is 0. The molecule has 168 valence electrons. The third kappa shape index (κ3) is 13.1. The van der Waals surface area contributed by atoms with Crippen LogP contribution in [-0.4, -0.2) is 50.1 Å². The number of carbonyl (C=O) groups is 1. The quantitative estimate of drug-likeness (QED) is 0.187. The number of aliphatic hydroxyl groups is 2. The summed E-state index contributed by atoms with van der Waals surface area (Å²) in [4.78, 5) is 8.00. The number of nitrogens with two attached hydrogens (primary N) is 1. The van der Waals surface area contributed by atoms with E-state index in [0.717, 1.165) is 37.9 Å². The Balaban J connectivity index is 0.00000379. The van der Waals surface area contributed by atoms with Crippen LogP contribution >= 0.6 is 0 Å². The van der Waals surface area contributed by atoms with E-state index in [0.29, 0.717) is 30.2 Å². The Morgan fingerprint density at radius 1 is 1.07 bits per heavy atom. The second-order valence-electron chi connectivity index (χ2n) is 6.96. The summed E-state index contributed by atoms with van der Waals surface area (Å²) in [6.45, 7) is 6.43. The zero-order valence-corrected chi connectivity index (χ0v) is 18.1.